The number of aromatic nitrogens is 2. The average Bonchev–Trinajstić information content (AvgIpc) is 2.95. The summed E-state index contributed by atoms with van der Waals surface area (Å²) in [5.41, 5.74) is 3.59. The molecule has 0 atom stereocenters. The van der Waals surface area contributed by atoms with E-state index in [0.717, 1.165) is 28.4 Å². The van der Waals surface area contributed by atoms with Crippen molar-refractivity contribution < 1.29 is 4.42 Å². The monoisotopic (exact) mass is 251 g/mol. The van der Waals surface area contributed by atoms with Gasteiger partial charge in [0.05, 0.1) is 18.2 Å². The smallest absolute Gasteiger partial charge is 0.154 e. The van der Waals surface area contributed by atoms with Crippen molar-refractivity contribution in [2.45, 2.75) is 20.3 Å². The summed E-state index contributed by atoms with van der Waals surface area (Å²) >= 11 is 0. The zero-order valence-corrected chi connectivity index (χ0v) is 10.8. The lowest BCUT2D eigenvalue weighted by Gasteiger charge is -2.00. The minimum absolute atomic E-state index is 0.305. The van der Waals surface area contributed by atoms with Gasteiger partial charge in [-0.2, -0.15) is 5.26 Å². The molecule has 4 nitrogen and oxygen atoms in total. The van der Waals surface area contributed by atoms with Gasteiger partial charge >= 0.3 is 0 Å². The van der Waals surface area contributed by atoms with Gasteiger partial charge in [-0.05, 0) is 37.6 Å². The Kier molecular flexibility index (Phi) is 2.60. The summed E-state index contributed by atoms with van der Waals surface area (Å²) in [4.78, 5) is 4.57. The van der Waals surface area contributed by atoms with E-state index in [2.05, 4.69) is 11.1 Å². The van der Waals surface area contributed by atoms with E-state index >= 15 is 0 Å². The van der Waals surface area contributed by atoms with Gasteiger partial charge < -0.3 is 8.82 Å². The second kappa shape index (κ2) is 4.29. The van der Waals surface area contributed by atoms with E-state index in [4.69, 9.17) is 9.68 Å². The normalized spacial score (nSPS) is 10.8. The minimum Gasteiger partial charge on any atom is -0.460 e. The molecule has 0 amide bonds. The third-order valence-corrected chi connectivity index (χ3v) is 3.09. The Hall–Kier alpha value is -2.54. The van der Waals surface area contributed by atoms with Crippen LogP contribution in [0.4, 0.5) is 0 Å². The molecule has 0 saturated carbocycles. The highest BCUT2D eigenvalue weighted by molar-refractivity contribution is 5.63. The van der Waals surface area contributed by atoms with E-state index in [0.29, 0.717) is 12.2 Å². The van der Waals surface area contributed by atoms with E-state index < -0.39 is 0 Å². The molecule has 0 aromatic carbocycles. The van der Waals surface area contributed by atoms with E-state index in [1.807, 2.05) is 48.7 Å². The fraction of sp³-hybridized carbons (Fsp3) is 0.200. The van der Waals surface area contributed by atoms with Gasteiger partial charge in [-0.15, -0.1) is 0 Å². The van der Waals surface area contributed by atoms with E-state index in [9.17, 15) is 0 Å². The minimum atomic E-state index is 0.305. The molecule has 3 aromatic rings. The number of nitrogens with zero attached hydrogens (tertiary/aromatic N) is 3. The molecular formula is C15H13N3O. The molecule has 0 N–H and O–H groups in total. The largest absolute Gasteiger partial charge is 0.460 e. The van der Waals surface area contributed by atoms with Crippen molar-refractivity contribution in [2.24, 2.45) is 0 Å². The average molecular weight is 251 g/mol. The van der Waals surface area contributed by atoms with E-state index in [1.54, 1.807) is 0 Å². The number of aryl methyl sites for hydroxylation is 2. The number of pyridine rings is 1. The molecule has 3 rings (SSSR count). The first kappa shape index (κ1) is 11.5. The lowest BCUT2D eigenvalue weighted by molar-refractivity contribution is 0.546. The first-order chi connectivity index (χ1) is 9.19. The highest BCUT2D eigenvalue weighted by Crippen LogP contribution is 2.26. The zero-order chi connectivity index (χ0) is 13.4. The first-order valence-corrected chi connectivity index (χ1v) is 6.10. The Labute approximate surface area is 110 Å². The maximum absolute atomic E-state index is 9.02. The summed E-state index contributed by atoms with van der Waals surface area (Å²) in [6.07, 6.45) is 2.30. The predicted octanol–water partition coefficient (Wildman–Crippen LogP) is 3.28. The third-order valence-electron chi connectivity index (χ3n) is 3.09. The van der Waals surface area contributed by atoms with Gasteiger partial charge in [0.15, 0.2) is 5.76 Å². The Morgan fingerprint density at radius 2 is 2.11 bits per heavy atom. The summed E-state index contributed by atoms with van der Waals surface area (Å²) in [5, 5.41) is 9.02. The van der Waals surface area contributed by atoms with Crippen LogP contribution in [0.25, 0.3) is 17.1 Å². The second-order valence-electron chi connectivity index (χ2n) is 4.59. The zero-order valence-electron chi connectivity index (χ0n) is 10.8. The van der Waals surface area contributed by atoms with Crippen LogP contribution in [0.2, 0.25) is 0 Å². The summed E-state index contributed by atoms with van der Waals surface area (Å²) < 4.78 is 7.60. The molecule has 3 aromatic heterocycles. The highest BCUT2D eigenvalue weighted by Gasteiger charge is 2.16. The number of hydrogen-bond acceptors (Lipinski definition) is 3. The Bertz CT molecular complexity index is 789. The summed E-state index contributed by atoms with van der Waals surface area (Å²) in [7, 11) is 0. The topological polar surface area (TPSA) is 54.2 Å². The Balaban J connectivity index is 2.29. The maximum Gasteiger partial charge on any atom is 0.154 e. The van der Waals surface area contributed by atoms with Crippen molar-refractivity contribution in [1.29, 1.82) is 5.26 Å². The Morgan fingerprint density at radius 1 is 1.26 bits per heavy atom. The molecule has 4 heteroatoms. The molecule has 0 fully saturated rings. The Morgan fingerprint density at radius 3 is 2.79 bits per heavy atom. The maximum atomic E-state index is 9.02. The van der Waals surface area contributed by atoms with Gasteiger partial charge in [0.25, 0.3) is 0 Å². The van der Waals surface area contributed by atoms with Gasteiger partial charge in [-0.3, -0.25) is 0 Å². The van der Waals surface area contributed by atoms with Crippen molar-refractivity contribution in [2.75, 3.05) is 0 Å². The van der Waals surface area contributed by atoms with Gasteiger partial charge in [0, 0.05) is 6.20 Å². The molecule has 0 radical (unpaired) electrons. The molecule has 0 spiro atoms. The number of nitriles is 1. The van der Waals surface area contributed by atoms with Gasteiger partial charge in [0.1, 0.15) is 17.1 Å². The number of hydrogen-bond donors (Lipinski definition) is 0. The number of imidazole rings is 1. The van der Waals surface area contributed by atoms with Crippen LogP contribution in [0.1, 0.15) is 17.0 Å². The van der Waals surface area contributed by atoms with Crippen LogP contribution in [-0.2, 0) is 6.42 Å². The predicted molar refractivity (Wildman–Crippen MR) is 71.7 cm³/mol. The number of rotatable bonds is 2. The third kappa shape index (κ3) is 1.89. The SMILES string of the molecule is Cc1ccc2nc(-c3ccc(C)o3)c(CC#N)n2c1. The van der Waals surface area contributed by atoms with Crippen molar-refractivity contribution in [3.63, 3.8) is 0 Å². The van der Waals surface area contributed by atoms with Crippen molar-refractivity contribution >= 4 is 5.65 Å². The van der Waals surface area contributed by atoms with Crippen LogP contribution >= 0.6 is 0 Å². The van der Waals surface area contributed by atoms with Crippen LogP contribution in [0.3, 0.4) is 0 Å². The van der Waals surface area contributed by atoms with Crippen molar-refractivity contribution in [3.05, 3.63) is 47.5 Å². The van der Waals surface area contributed by atoms with Crippen LogP contribution in [0.5, 0.6) is 0 Å². The lowest BCUT2D eigenvalue weighted by Crippen LogP contribution is -1.93. The molecule has 0 bridgehead atoms. The van der Waals surface area contributed by atoms with Gasteiger partial charge in [-0.1, -0.05) is 6.07 Å². The molecule has 0 aliphatic carbocycles. The second-order valence-corrected chi connectivity index (χ2v) is 4.59. The molecular weight excluding hydrogens is 238 g/mol. The molecule has 19 heavy (non-hydrogen) atoms. The van der Waals surface area contributed by atoms with Crippen LogP contribution in [0, 0.1) is 25.2 Å². The summed E-state index contributed by atoms with van der Waals surface area (Å²) in [6.45, 7) is 3.92. The van der Waals surface area contributed by atoms with Gasteiger partial charge in [-0.25, -0.2) is 4.98 Å². The van der Waals surface area contributed by atoms with Crippen LogP contribution in [0.15, 0.2) is 34.9 Å². The molecule has 0 unspecified atom stereocenters. The fourth-order valence-electron chi connectivity index (χ4n) is 2.20. The molecule has 0 aliphatic heterocycles. The quantitative estimate of drug-likeness (QED) is 0.702. The van der Waals surface area contributed by atoms with Crippen molar-refractivity contribution in [1.82, 2.24) is 9.38 Å². The lowest BCUT2D eigenvalue weighted by atomic mass is 10.2. The molecule has 94 valence electrons. The van der Waals surface area contributed by atoms with Crippen molar-refractivity contribution in [3.8, 4) is 17.5 Å². The van der Waals surface area contributed by atoms with Crippen LogP contribution in [-0.4, -0.2) is 9.38 Å². The molecule has 3 heterocycles. The highest BCUT2D eigenvalue weighted by atomic mass is 16.3. The van der Waals surface area contributed by atoms with Gasteiger partial charge in [0.2, 0.25) is 0 Å². The number of fused-ring (bicyclic) bond motifs is 1. The fourth-order valence-corrected chi connectivity index (χ4v) is 2.20. The standard InChI is InChI=1S/C15H13N3O/c1-10-3-6-14-17-15(13-5-4-11(2)19-13)12(7-8-16)18(14)9-10/h3-6,9H,7H2,1-2H3. The molecule has 0 saturated heterocycles. The van der Waals surface area contributed by atoms with Crippen LogP contribution < -0.4 is 0 Å². The first-order valence-electron chi connectivity index (χ1n) is 6.10. The molecule has 0 aliphatic rings. The summed E-state index contributed by atoms with van der Waals surface area (Å²) in [5.74, 6) is 1.55. The van der Waals surface area contributed by atoms with E-state index in [-0.39, 0.29) is 0 Å². The number of furan rings is 1. The van der Waals surface area contributed by atoms with E-state index in [1.165, 1.54) is 0 Å². The summed E-state index contributed by atoms with van der Waals surface area (Å²) in [6, 6.07) is 9.96.